The van der Waals surface area contributed by atoms with Crippen LogP contribution in [0.5, 0.6) is 5.88 Å². The van der Waals surface area contributed by atoms with E-state index in [0.29, 0.717) is 17.7 Å². The Morgan fingerprint density at radius 1 is 1.08 bits per heavy atom. The smallest absolute Gasteiger partial charge is 0.469 e. The van der Waals surface area contributed by atoms with Crippen LogP contribution in [0.3, 0.4) is 0 Å². The van der Waals surface area contributed by atoms with E-state index in [4.69, 9.17) is 34.3 Å². The van der Waals surface area contributed by atoms with Gasteiger partial charge in [0.1, 0.15) is 30.1 Å². The van der Waals surface area contributed by atoms with E-state index in [1.165, 1.54) is 106 Å². The van der Waals surface area contributed by atoms with Gasteiger partial charge in [0, 0.05) is 32.1 Å². The summed E-state index contributed by atoms with van der Waals surface area (Å²) in [4.78, 5) is 22.7. The van der Waals surface area contributed by atoms with Gasteiger partial charge >= 0.3 is 7.82 Å². The fourth-order valence-electron chi connectivity index (χ4n) is 6.25. The number of nitrogens with two attached hydrogens (primary N) is 1. The molecule has 17 heteroatoms. The van der Waals surface area contributed by atoms with Crippen LogP contribution in [0, 0.1) is 11.3 Å². The second kappa shape index (κ2) is 20.8. The first-order chi connectivity index (χ1) is 25.6. The van der Waals surface area contributed by atoms with Crippen LogP contribution in [0.4, 0.5) is 5.82 Å². The van der Waals surface area contributed by atoms with Crippen molar-refractivity contribution in [3.8, 4) is 11.9 Å². The van der Waals surface area contributed by atoms with Gasteiger partial charge in [-0.15, -0.1) is 0 Å². The maximum absolute atomic E-state index is 13.2. The first kappa shape index (κ1) is 42.2. The fourth-order valence-corrected chi connectivity index (χ4v) is 7.04. The van der Waals surface area contributed by atoms with Crippen molar-refractivity contribution in [1.29, 1.82) is 5.26 Å². The molecule has 4 heterocycles. The lowest BCUT2D eigenvalue weighted by Crippen LogP contribution is -2.52. The summed E-state index contributed by atoms with van der Waals surface area (Å²) in [7, 11) is -3.39. The molecule has 1 unspecified atom stereocenters. The lowest BCUT2D eigenvalue weighted by atomic mass is 9.86. The van der Waals surface area contributed by atoms with Gasteiger partial charge in [-0.2, -0.15) is 10.4 Å². The van der Waals surface area contributed by atoms with Gasteiger partial charge in [-0.05, 0) is 24.6 Å². The molecule has 0 amide bonds. The molecule has 53 heavy (non-hydrogen) atoms. The second-order valence-corrected chi connectivity index (χ2v) is 14.8. The van der Waals surface area contributed by atoms with E-state index in [0.717, 1.165) is 19.3 Å². The summed E-state index contributed by atoms with van der Waals surface area (Å²) in [5.41, 5.74) is 2.97. The highest BCUT2D eigenvalue weighted by atomic mass is 31.2. The molecule has 3 aromatic heterocycles. The SMILES string of the molecule is CCCCCCCCCCCCCCOC[C@H](COP(=O)(O)OC[C@@]1(C=NC)OC[C@@](O)(c2ccc3c(N)ncnn23)[C@@H]1O)Oc1ccc(C#N)cn1. The number of aliphatic imine (C=N–C) groups is 1. The number of nitriles is 1. The van der Waals surface area contributed by atoms with E-state index in [9.17, 15) is 19.7 Å². The molecule has 1 aliphatic heterocycles. The standard InChI is InChI=1S/C36H54N7O9P/c1-3-4-5-6-7-8-9-10-11-12-13-14-19-48-22-29(52-32-18-15-28(20-37)21-40-32)23-50-53(46,47)51-25-35(24-39-2)34(44)36(45,26-49-35)31-17-16-30-33(38)41-27-42-43(30)31/h15-18,21,24,27,29,34,44-45H,3-14,19,22-23,25-26H2,1-2H3,(H,46,47)(H2,38,41,42)/t29-,34-,35-,36-/m1/s1. The zero-order valence-electron chi connectivity index (χ0n) is 30.7. The summed E-state index contributed by atoms with van der Waals surface area (Å²) in [5, 5.41) is 36.3. The van der Waals surface area contributed by atoms with Crippen LogP contribution in [0.2, 0.25) is 0 Å². The number of aliphatic hydroxyl groups is 2. The predicted molar refractivity (Wildman–Crippen MR) is 197 cm³/mol. The van der Waals surface area contributed by atoms with E-state index in [1.54, 1.807) is 6.07 Å². The molecule has 16 nitrogen and oxygen atoms in total. The third-order valence-corrected chi connectivity index (χ3v) is 10.2. The summed E-state index contributed by atoms with van der Waals surface area (Å²) in [6.07, 6.45) is 15.8. The number of hydrogen-bond donors (Lipinski definition) is 4. The number of fused-ring (bicyclic) bond motifs is 1. The first-order valence-electron chi connectivity index (χ1n) is 18.4. The van der Waals surface area contributed by atoms with Crippen LogP contribution in [0.1, 0.15) is 95.2 Å². The Morgan fingerprint density at radius 2 is 1.77 bits per heavy atom. The summed E-state index contributed by atoms with van der Waals surface area (Å²) < 4.78 is 42.7. The number of anilines is 1. The number of ether oxygens (including phenoxy) is 3. The molecule has 0 radical (unpaired) electrons. The highest BCUT2D eigenvalue weighted by molar-refractivity contribution is 7.47. The van der Waals surface area contributed by atoms with Gasteiger partial charge in [-0.25, -0.2) is 19.0 Å². The average Bonchev–Trinajstić information content (AvgIpc) is 3.71. The zero-order valence-corrected chi connectivity index (χ0v) is 31.6. The maximum atomic E-state index is 13.2. The van der Waals surface area contributed by atoms with E-state index in [1.807, 2.05) is 6.07 Å². The number of pyridine rings is 1. The molecule has 1 fully saturated rings. The van der Waals surface area contributed by atoms with Gasteiger partial charge in [0.25, 0.3) is 0 Å². The second-order valence-electron chi connectivity index (χ2n) is 13.4. The minimum absolute atomic E-state index is 0.0281. The first-order valence-corrected chi connectivity index (χ1v) is 19.9. The zero-order chi connectivity index (χ0) is 38.2. The normalized spacial score (nSPS) is 21.9. The van der Waals surface area contributed by atoms with E-state index in [-0.39, 0.29) is 24.0 Å². The van der Waals surface area contributed by atoms with Gasteiger partial charge < -0.3 is 35.1 Å². The lowest BCUT2D eigenvalue weighted by Gasteiger charge is -2.32. The topological polar surface area (TPSA) is 229 Å². The molecule has 5 atom stereocenters. The summed E-state index contributed by atoms with van der Waals surface area (Å²) in [6, 6.07) is 8.15. The third kappa shape index (κ3) is 12.0. The molecule has 292 valence electrons. The minimum Gasteiger partial charge on any atom is -0.469 e. The van der Waals surface area contributed by atoms with Crippen molar-refractivity contribution >= 4 is 25.4 Å². The molecule has 3 aromatic rings. The average molecular weight is 760 g/mol. The molecule has 0 saturated carbocycles. The molecular formula is C36H54N7O9P. The van der Waals surface area contributed by atoms with Crippen molar-refractivity contribution in [3.63, 3.8) is 0 Å². The highest BCUT2D eigenvalue weighted by Gasteiger charge is 2.60. The third-order valence-electron chi connectivity index (χ3n) is 9.22. The van der Waals surface area contributed by atoms with Crippen LogP contribution >= 0.6 is 7.82 Å². The van der Waals surface area contributed by atoms with Crippen LogP contribution in [-0.2, 0) is 28.7 Å². The minimum atomic E-state index is -4.81. The quantitative estimate of drug-likeness (QED) is 0.0512. The summed E-state index contributed by atoms with van der Waals surface area (Å²) in [6.45, 7) is 1.17. The molecule has 4 rings (SSSR count). The van der Waals surface area contributed by atoms with Gasteiger partial charge in [-0.1, -0.05) is 77.6 Å². The Kier molecular flexibility index (Phi) is 16.6. The number of nitrogen functional groups attached to an aromatic ring is 1. The number of phosphoric ester groups is 1. The Hall–Kier alpha value is -3.52. The Labute approximate surface area is 310 Å². The highest BCUT2D eigenvalue weighted by Crippen LogP contribution is 2.47. The molecule has 0 aromatic carbocycles. The molecule has 0 bridgehead atoms. The Balaban J connectivity index is 1.28. The van der Waals surface area contributed by atoms with Gasteiger partial charge in [-0.3, -0.25) is 14.0 Å². The maximum Gasteiger partial charge on any atom is 0.472 e. The molecule has 1 saturated heterocycles. The van der Waals surface area contributed by atoms with Crippen molar-refractivity contribution in [2.24, 2.45) is 4.99 Å². The largest absolute Gasteiger partial charge is 0.472 e. The van der Waals surface area contributed by atoms with Gasteiger partial charge in [0.2, 0.25) is 5.88 Å². The fraction of sp³-hybridized carbons (Fsp3) is 0.639. The van der Waals surface area contributed by atoms with Crippen molar-refractivity contribution < 1.29 is 42.9 Å². The molecular weight excluding hydrogens is 705 g/mol. The lowest BCUT2D eigenvalue weighted by molar-refractivity contribution is -0.0772. The monoisotopic (exact) mass is 759 g/mol. The number of aliphatic hydroxyl groups excluding tert-OH is 1. The molecule has 1 aliphatic rings. The van der Waals surface area contributed by atoms with Crippen LogP contribution in [0.25, 0.3) is 5.52 Å². The van der Waals surface area contributed by atoms with Crippen LogP contribution in [0.15, 0.2) is 41.8 Å². The van der Waals surface area contributed by atoms with Crippen molar-refractivity contribution in [1.82, 2.24) is 19.6 Å². The number of phosphoric acid groups is 1. The molecule has 5 N–H and O–H groups in total. The van der Waals surface area contributed by atoms with Gasteiger partial charge in [0.15, 0.2) is 17.0 Å². The number of hydrogen-bond acceptors (Lipinski definition) is 14. The van der Waals surface area contributed by atoms with Gasteiger partial charge in [0.05, 0.1) is 37.7 Å². The van der Waals surface area contributed by atoms with Crippen molar-refractivity contribution in [2.75, 3.05) is 45.8 Å². The number of rotatable bonds is 25. The molecule has 0 aliphatic carbocycles. The summed E-state index contributed by atoms with van der Waals surface area (Å²) in [5.74, 6) is 0.336. The number of nitrogens with zero attached hydrogens (tertiary/aromatic N) is 6. The van der Waals surface area contributed by atoms with Crippen molar-refractivity contribution in [2.45, 2.75) is 107 Å². The van der Waals surface area contributed by atoms with Crippen LogP contribution in [-0.4, -0.2) is 98.8 Å². The van der Waals surface area contributed by atoms with E-state index >= 15 is 0 Å². The predicted octanol–water partition coefficient (Wildman–Crippen LogP) is 4.90. The number of unbranched alkanes of at least 4 members (excludes halogenated alkanes) is 11. The summed E-state index contributed by atoms with van der Waals surface area (Å²) >= 11 is 0. The van der Waals surface area contributed by atoms with Crippen LogP contribution < -0.4 is 10.5 Å². The van der Waals surface area contributed by atoms with E-state index in [2.05, 4.69) is 27.0 Å². The molecule has 0 spiro atoms. The Bertz CT molecular complexity index is 1670. The van der Waals surface area contributed by atoms with Crippen molar-refractivity contribution in [3.05, 3.63) is 48.0 Å². The number of aromatic nitrogens is 4. The Morgan fingerprint density at radius 3 is 2.42 bits per heavy atom. The van der Waals surface area contributed by atoms with E-state index < -0.39 is 51.1 Å².